The van der Waals surface area contributed by atoms with Gasteiger partial charge in [-0.3, -0.25) is 4.79 Å². The van der Waals surface area contributed by atoms with E-state index < -0.39 is 0 Å². The fraction of sp³-hybridized carbons (Fsp3) is 0.304. The number of aromatic nitrogens is 5. The zero-order valence-corrected chi connectivity index (χ0v) is 17.6. The number of nitrogens with zero attached hydrogens (tertiary/aromatic N) is 6. The van der Waals surface area contributed by atoms with Gasteiger partial charge in [-0.25, -0.2) is 9.67 Å². The van der Waals surface area contributed by atoms with Crippen LogP contribution in [0.4, 0.5) is 0 Å². The molecule has 1 saturated heterocycles. The van der Waals surface area contributed by atoms with E-state index in [1.165, 1.54) is 0 Å². The third-order valence-electron chi connectivity index (χ3n) is 5.51. The Morgan fingerprint density at radius 2 is 2.06 bits per heavy atom. The summed E-state index contributed by atoms with van der Waals surface area (Å²) in [6.45, 7) is 2.70. The molecule has 1 atom stereocenters. The van der Waals surface area contributed by atoms with Crippen molar-refractivity contribution in [2.45, 2.75) is 32.2 Å². The van der Waals surface area contributed by atoms with Crippen LogP contribution in [0.25, 0.3) is 0 Å². The summed E-state index contributed by atoms with van der Waals surface area (Å²) in [6.07, 6.45) is 8.01. The molecule has 1 unspecified atom stereocenters. The largest absolute Gasteiger partial charge is 0.454 e. The average molecular weight is 432 g/mol. The van der Waals surface area contributed by atoms with E-state index in [2.05, 4.69) is 15.3 Å². The summed E-state index contributed by atoms with van der Waals surface area (Å²) in [6, 6.07) is 13.7. The number of furan rings is 1. The molecule has 1 aliphatic heterocycles. The Morgan fingerprint density at radius 3 is 2.91 bits per heavy atom. The third-order valence-corrected chi connectivity index (χ3v) is 5.51. The van der Waals surface area contributed by atoms with E-state index in [0.29, 0.717) is 38.6 Å². The monoisotopic (exact) mass is 432 g/mol. The van der Waals surface area contributed by atoms with Gasteiger partial charge < -0.3 is 18.6 Å². The van der Waals surface area contributed by atoms with Crippen molar-refractivity contribution in [3.8, 4) is 0 Å². The summed E-state index contributed by atoms with van der Waals surface area (Å²) in [5, 5.41) is 8.47. The zero-order valence-electron chi connectivity index (χ0n) is 17.6. The summed E-state index contributed by atoms with van der Waals surface area (Å²) in [5.41, 5.74) is 1.90. The normalized spacial score (nSPS) is 16.0. The maximum absolute atomic E-state index is 12.9. The maximum atomic E-state index is 12.9. The van der Waals surface area contributed by atoms with Gasteiger partial charge in [0, 0.05) is 25.5 Å². The lowest BCUT2D eigenvalue weighted by Crippen LogP contribution is -2.28. The van der Waals surface area contributed by atoms with Crippen molar-refractivity contribution in [3.63, 3.8) is 0 Å². The molecule has 0 N–H and O–H groups in total. The molecule has 5 rings (SSSR count). The van der Waals surface area contributed by atoms with Crippen LogP contribution in [-0.2, 0) is 24.5 Å². The van der Waals surface area contributed by atoms with Crippen molar-refractivity contribution in [2.75, 3.05) is 13.1 Å². The van der Waals surface area contributed by atoms with Crippen LogP contribution in [-0.4, -0.2) is 48.4 Å². The smallest absolute Gasteiger partial charge is 0.289 e. The van der Waals surface area contributed by atoms with E-state index in [0.717, 1.165) is 23.4 Å². The third kappa shape index (κ3) is 4.62. The molecule has 1 fully saturated rings. The highest BCUT2D eigenvalue weighted by Gasteiger charge is 2.30. The Bertz CT molecular complexity index is 1150. The summed E-state index contributed by atoms with van der Waals surface area (Å²) >= 11 is 0. The number of hydrogen-bond acceptors (Lipinski definition) is 6. The number of hydrogen-bond donors (Lipinski definition) is 0. The highest BCUT2D eigenvalue weighted by molar-refractivity contribution is 5.91. The van der Waals surface area contributed by atoms with Crippen LogP contribution in [0, 0.1) is 0 Å². The molecule has 4 aromatic rings. The Morgan fingerprint density at radius 1 is 1.16 bits per heavy atom. The first-order valence-corrected chi connectivity index (χ1v) is 10.6. The van der Waals surface area contributed by atoms with Crippen LogP contribution in [0.2, 0.25) is 0 Å². The predicted molar refractivity (Wildman–Crippen MR) is 115 cm³/mol. The molecule has 0 aliphatic carbocycles. The summed E-state index contributed by atoms with van der Waals surface area (Å²) < 4.78 is 15.2. The molecule has 3 aromatic heterocycles. The molecule has 9 heteroatoms. The van der Waals surface area contributed by atoms with Crippen LogP contribution in [0.15, 0.2) is 71.8 Å². The first kappa shape index (κ1) is 20.2. The van der Waals surface area contributed by atoms with Gasteiger partial charge in [-0.2, -0.15) is 0 Å². The maximum Gasteiger partial charge on any atom is 0.289 e. The van der Waals surface area contributed by atoms with Crippen LogP contribution < -0.4 is 0 Å². The number of amides is 1. The predicted octanol–water partition coefficient (Wildman–Crippen LogP) is 2.92. The standard InChI is InChI=1S/C23H24N6O3/c30-23(22-7-6-21(32-22)14-27-11-9-24-17-27)28-10-8-20(13-28)29-12-19(25-26-29)16-31-15-18-4-2-1-3-5-18/h1-7,9,11-12,17,20H,8,10,13-16H2. The SMILES string of the molecule is O=C(c1ccc(Cn2ccnc2)o1)N1CCC(n2cc(COCc3ccccc3)nn2)C1. The molecule has 1 aliphatic rings. The van der Waals surface area contributed by atoms with Gasteiger partial charge in [0.05, 0.1) is 38.3 Å². The molecule has 32 heavy (non-hydrogen) atoms. The van der Waals surface area contributed by atoms with Crippen molar-refractivity contribution in [1.82, 2.24) is 29.4 Å². The number of rotatable bonds is 8. The highest BCUT2D eigenvalue weighted by Crippen LogP contribution is 2.23. The minimum absolute atomic E-state index is 0.0923. The van der Waals surface area contributed by atoms with Crippen LogP contribution >= 0.6 is 0 Å². The lowest BCUT2D eigenvalue weighted by Gasteiger charge is -2.15. The average Bonchev–Trinajstić information content (AvgIpc) is 3.61. The molecule has 9 nitrogen and oxygen atoms in total. The van der Waals surface area contributed by atoms with Crippen molar-refractivity contribution in [2.24, 2.45) is 0 Å². The van der Waals surface area contributed by atoms with E-state index in [1.807, 2.05) is 58.0 Å². The van der Waals surface area contributed by atoms with Gasteiger partial charge in [0.15, 0.2) is 5.76 Å². The lowest BCUT2D eigenvalue weighted by molar-refractivity contribution is 0.0753. The molecule has 1 amide bonds. The highest BCUT2D eigenvalue weighted by atomic mass is 16.5. The molecule has 4 heterocycles. The molecule has 0 saturated carbocycles. The van der Waals surface area contributed by atoms with E-state index in [-0.39, 0.29) is 11.9 Å². The Labute approximate surface area is 185 Å². The fourth-order valence-electron chi connectivity index (χ4n) is 3.84. The first-order valence-electron chi connectivity index (χ1n) is 10.6. The Balaban J connectivity index is 1.13. The zero-order chi connectivity index (χ0) is 21.8. The number of carbonyl (C=O) groups is 1. The van der Waals surface area contributed by atoms with E-state index in [9.17, 15) is 4.79 Å². The molecule has 0 spiro atoms. The quantitative estimate of drug-likeness (QED) is 0.425. The second kappa shape index (κ2) is 9.19. The van der Waals surface area contributed by atoms with Crippen LogP contribution in [0.3, 0.4) is 0 Å². The van der Waals surface area contributed by atoms with E-state index >= 15 is 0 Å². The minimum atomic E-state index is -0.101. The first-order chi connectivity index (χ1) is 15.7. The lowest BCUT2D eigenvalue weighted by atomic mass is 10.2. The summed E-state index contributed by atoms with van der Waals surface area (Å²) in [7, 11) is 0. The van der Waals surface area contributed by atoms with E-state index in [4.69, 9.17) is 9.15 Å². The second-order valence-corrected chi connectivity index (χ2v) is 7.86. The Kier molecular flexibility index (Phi) is 5.80. The summed E-state index contributed by atoms with van der Waals surface area (Å²) in [5.74, 6) is 0.976. The van der Waals surface area contributed by atoms with Crippen LogP contribution in [0.5, 0.6) is 0 Å². The fourth-order valence-corrected chi connectivity index (χ4v) is 3.84. The Hall–Kier alpha value is -3.72. The van der Waals surface area contributed by atoms with Gasteiger partial charge in [-0.1, -0.05) is 35.5 Å². The van der Waals surface area contributed by atoms with Crippen LogP contribution in [0.1, 0.15) is 40.0 Å². The number of ether oxygens (including phenoxy) is 1. The molecule has 0 radical (unpaired) electrons. The van der Waals surface area contributed by atoms with E-state index in [1.54, 1.807) is 23.5 Å². The molecular formula is C23H24N6O3. The number of imidazole rings is 1. The van der Waals surface area contributed by atoms with Gasteiger partial charge in [-0.15, -0.1) is 5.10 Å². The van der Waals surface area contributed by atoms with Crippen molar-refractivity contribution in [3.05, 3.63) is 90.2 Å². The number of benzene rings is 1. The molecule has 0 bridgehead atoms. The second-order valence-electron chi connectivity index (χ2n) is 7.86. The van der Waals surface area contributed by atoms with Gasteiger partial charge in [0.2, 0.25) is 0 Å². The van der Waals surface area contributed by atoms with Crippen molar-refractivity contribution in [1.29, 1.82) is 0 Å². The number of likely N-dealkylation sites (tertiary alicyclic amines) is 1. The number of carbonyl (C=O) groups excluding carboxylic acids is 1. The molecule has 1 aromatic carbocycles. The van der Waals surface area contributed by atoms with Crippen molar-refractivity contribution < 1.29 is 13.9 Å². The van der Waals surface area contributed by atoms with Gasteiger partial charge >= 0.3 is 0 Å². The van der Waals surface area contributed by atoms with Gasteiger partial charge in [-0.05, 0) is 24.1 Å². The van der Waals surface area contributed by atoms with Gasteiger partial charge in [0.25, 0.3) is 5.91 Å². The molecular weight excluding hydrogens is 408 g/mol. The topological polar surface area (TPSA) is 91.2 Å². The molecule has 164 valence electrons. The van der Waals surface area contributed by atoms with Gasteiger partial charge in [0.1, 0.15) is 11.5 Å². The summed E-state index contributed by atoms with van der Waals surface area (Å²) in [4.78, 5) is 18.7. The van der Waals surface area contributed by atoms with Crippen molar-refractivity contribution >= 4 is 5.91 Å². The minimum Gasteiger partial charge on any atom is -0.454 e.